The number of nitrogens with two attached hydrogens (primary N) is 1. The van der Waals surface area contributed by atoms with Crippen LogP contribution in [-0.4, -0.2) is 29.7 Å². The van der Waals surface area contributed by atoms with E-state index in [1.54, 1.807) is 6.92 Å². The molecule has 0 fully saturated rings. The minimum Gasteiger partial charge on any atom is -0.393 e. The van der Waals surface area contributed by atoms with E-state index in [0.717, 1.165) is 6.42 Å². The summed E-state index contributed by atoms with van der Waals surface area (Å²) in [5.41, 5.74) is 5.66. The van der Waals surface area contributed by atoms with Gasteiger partial charge in [-0.15, -0.1) is 0 Å². The first kappa shape index (κ1) is 16.4. The molecule has 0 aromatic heterocycles. The number of aliphatic hydroxyl groups excluding tert-OH is 1. The Hall–Kier alpha value is -0.610. The monoisotopic (exact) mass is 244 g/mol. The lowest BCUT2D eigenvalue weighted by Crippen LogP contribution is -2.36. The van der Waals surface area contributed by atoms with Crippen LogP contribution in [0.25, 0.3) is 0 Å². The first-order chi connectivity index (χ1) is 7.85. The number of nitrogens with one attached hydrogen (secondary N) is 1. The Morgan fingerprint density at radius 2 is 1.82 bits per heavy atom. The van der Waals surface area contributed by atoms with Crippen LogP contribution in [-0.2, 0) is 4.79 Å². The van der Waals surface area contributed by atoms with Gasteiger partial charge in [0.25, 0.3) is 0 Å². The van der Waals surface area contributed by atoms with Crippen molar-refractivity contribution >= 4 is 5.91 Å². The molecule has 0 aromatic rings. The molecule has 0 heterocycles. The van der Waals surface area contributed by atoms with E-state index in [-0.39, 0.29) is 24.0 Å². The van der Waals surface area contributed by atoms with Crippen LogP contribution in [0.4, 0.5) is 0 Å². The number of hydrogen-bond donors (Lipinski definition) is 3. The fourth-order valence-electron chi connectivity index (χ4n) is 2.10. The minimum absolute atomic E-state index is 0.0139. The highest BCUT2D eigenvalue weighted by molar-refractivity contribution is 5.76. The molecule has 0 aliphatic heterocycles. The highest BCUT2D eigenvalue weighted by atomic mass is 16.3. The fourth-order valence-corrected chi connectivity index (χ4v) is 2.10. The van der Waals surface area contributed by atoms with E-state index in [2.05, 4.69) is 19.2 Å². The Kier molecular flexibility index (Phi) is 8.17. The third-order valence-corrected chi connectivity index (χ3v) is 2.71. The van der Waals surface area contributed by atoms with Crippen LogP contribution >= 0.6 is 0 Å². The molecule has 3 unspecified atom stereocenters. The molecule has 0 aliphatic carbocycles. The van der Waals surface area contributed by atoms with E-state index in [4.69, 9.17) is 5.73 Å². The molecule has 4 N–H and O–H groups in total. The summed E-state index contributed by atoms with van der Waals surface area (Å²) in [4.78, 5) is 11.7. The van der Waals surface area contributed by atoms with Gasteiger partial charge < -0.3 is 16.2 Å². The van der Waals surface area contributed by atoms with Crippen molar-refractivity contribution in [3.05, 3.63) is 0 Å². The van der Waals surface area contributed by atoms with Gasteiger partial charge in [-0.05, 0) is 45.1 Å². The smallest absolute Gasteiger partial charge is 0.220 e. The molecule has 1 amide bonds. The first-order valence-electron chi connectivity index (χ1n) is 6.52. The lowest BCUT2D eigenvalue weighted by atomic mass is 9.94. The molecule has 0 radical (unpaired) electrons. The van der Waals surface area contributed by atoms with Gasteiger partial charge in [-0.2, -0.15) is 0 Å². The SMILES string of the molecule is CC(C)CC(CN)CC(=O)NC(C)CC(C)O. The Balaban J connectivity index is 3.97. The molecule has 0 aliphatic rings. The van der Waals surface area contributed by atoms with Crippen LogP contribution < -0.4 is 11.1 Å². The molecule has 0 bridgehead atoms. The highest BCUT2D eigenvalue weighted by Gasteiger charge is 2.16. The van der Waals surface area contributed by atoms with Crippen molar-refractivity contribution < 1.29 is 9.90 Å². The maximum atomic E-state index is 11.7. The molecule has 17 heavy (non-hydrogen) atoms. The number of hydrogen-bond acceptors (Lipinski definition) is 3. The molecule has 3 atom stereocenters. The van der Waals surface area contributed by atoms with Gasteiger partial charge in [0.15, 0.2) is 0 Å². The molecule has 4 heteroatoms. The van der Waals surface area contributed by atoms with E-state index in [9.17, 15) is 9.90 Å². The van der Waals surface area contributed by atoms with Gasteiger partial charge in [-0.3, -0.25) is 4.79 Å². The predicted octanol–water partition coefficient (Wildman–Crippen LogP) is 1.27. The zero-order chi connectivity index (χ0) is 13.4. The summed E-state index contributed by atoms with van der Waals surface area (Å²) in [7, 11) is 0. The Morgan fingerprint density at radius 3 is 2.24 bits per heavy atom. The second-order valence-corrected chi connectivity index (χ2v) is 5.49. The Morgan fingerprint density at radius 1 is 1.24 bits per heavy atom. The quantitative estimate of drug-likeness (QED) is 0.602. The zero-order valence-electron chi connectivity index (χ0n) is 11.6. The number of aliphatic hydroxyl groups is 1. The molecule has 4 nitrogen and oxygen atoms in total. The molecule has 102 valence electrons. The van der Waals surface area contributed by atoms with E-state index < -0.39 is 0 Å². The summed E-state index contributed by atoms with van der Waals surface area (Å²) in [5.74, 6) is 0.856. The van der Waals surface area contributed by atoms with Crippen molar-refractivity contribution in [2.45, 2.75) is 59.1 Å². The second-order valence-electron chi connectivity index (χ2n) is 5.49. The number of carbonyl (C=O) groups is 1. The van der Waals surface area contributed by atoms with Crippen molar-refractivity contribution in [2.75, 3.05) is 6.54 Å². The molecule has 0 rings (SSSR count). The lowest BCUT2D eigenvalue weighted by molar-refractivity contribution is -0.122. The van der Waals surface area contributed by atoms with Crippen LogP contribution in [0.15, 0.2) is 0 Å². The third kappa shape index (κ3) is 9.12. The normalized spacial score (nSPS) is 16.6. The van der Waals surface area contributed by atoms with Gasteiger partial charge in [0.05, 0.1) is 6.10 Å². The first-order valence-corrected chi connectivity index (χ1v) is 6.52. The Labute approximate surface area is 105 Å². The van der Waals surface area contributed by atoms with Gasteiger partial charge in [-0.25, -0.2) is 0 Å². The van der Waals surface area contributed by atoms with Gasteiger partial charge in [-0.1, -0.05) is 13.8 Å². The highest BCUT2D eigenvalue weighted by Crippen LogP contribution is 2.14. The number of rotatable bonds is 8. The molecule has 0 saturated heterocycles. The van der Waals surface area contributed by atoms with Gasteiger partial charge >= 0.3 is 0 Å². The van der Waals surface area contributed by atoms with E-state index in [0.29, 0.717) is 25.3 Å². The predicted molar refractivity (Wildman–Crippen MR) is 70.5 cm³/mol. The van der Waals surface area contributed by atoms with Crippen molar-refractivity contribution in [1.82, 2.24) is 5.32 Å². The van der Waals surface area contributed by atoms with E-state index in [1.807, 2.05) is 6.92 Å². The largest absolute Gasteiger partial charge is 0.393 e. The van der Waals surface area contributed by atoms with Crippen LogP contribution in [0.3, 0.4) is 0 Å². The van der Waals surface area contributed by atoms with Gasteiger partial charge in [0, 0.05) is 12.5 Å². The average Bonchev–Trinajstić information content (AvgIpc) is 2.13. The lowest BCUT2D eigenvalue weighted by Gasteiger charge is -2.19. The Bertz CT molecular complexity index is 217. The van der Waals surface area contributed by atoms with Gasteiger partial charge in [0.1, 0.15) is 0 Å². The molecular weight excluding hydrogens is 216 g/mol. The summed E-state index contributed by atoms with van der Waals surface area (Å²) in [6, 6.07) is 0.0139. The second kappa shape index (κ2) is 8.48. The standard InChI is InChI=1S/C13H28N2O2/c1-9(2)5-12(8-14)7-13(17)15-10(3)6-11(4)16/h9-12,16H,5-8,14H2,1-4H3,(H,15,17). The molecule has 0 spiro atoms. The topological polar surface area (TPSA) is 75.4 Å². The zero-order valence-corrected chi connectivity index (χ0v) is 11.6. The summed E-state index contributed by atoms with van der Waals surface area (Å²) in [6.07, 6.45) is 1.67. The average molecular weight is 244 g/mol. The van der Waals surface area contributed by atoms with Crippen molar-refractivity contribution in [3.63, 3.8) is 0 Å². The maximum absolute atomic E-state index is 11.7. The van der Waals surface area contributed by atoms with Crippen molar-refractivity contribution in [3.8, 4) is 0 Å². The number of carbonyl (C=O) groups excluding carboxylic acids is 1. The van der Waals surface area contributed by atoms with Crippen molar-refractivity contribution in [1.29, 1.82) is 0 Å². The van der Waals surface area contributed by atoms with Crippen LogP contribution in [0.5, 0.6) is 0 Å². The van der Waals surface area contributed by atoms with Crippen LogP contribution in [0.2, 0.25) is 0 Å². The number of amides is 1. The van der Waals surface area contributed by atoms with Gasteiger partial charge in [0.2, 0.25) is 5.91 Å². The minimum atomic E-state index is -0.383. The molecular formula is C13H28N2O2. The summed E-state index contributed by atoms with van der Waals surface area (Å²) >= 11 is 0. The van der Waals surface area contributed by atoms with E-state index in [1.165, 1.54) is 0 Å². The summed E-state index contributed by atoms with van der Waals surface area (Å²) in [6.45, 7) is 8.46. The molecule has 0 saturated carbocycles. The van der Waals surface area contributed by atoms with E-state index >= 15 is 0 Å². The maximum Gasteiger partial charge on any atom is 0.220 e. The summed E-state index contributed by atoms with van der Waals surface area (Å²) < 4.78 is 0. The third-order valence-electron chi connectivity index (χ3n) is 2.71. The summed E-state index contributed by atoms with van der Waals surface area (Å²) in [5, 5.41) is 12.1. The van der Waals surface area contributed by atoms with Crippen LogP contribution in [0, 0.1) is 11.8 Å². The van der Waals surface area contributed by atoms with Crippen molar-refractivity contribution in [2.24, 2.45) is 17.6 Å². The van der Waals surface area contributed by atoms with Crippen LogP contribution in [0.1, 0.15) is 47.0 Å². The fraction of sp³-hybridized carbons (Fsp3) is 0.923. The molecule has 0 aromatic carbocycles.